The number of para-hydroxylation sites is 1. The average Bonchev–Trinajstić information content (AvgIpc) is 3.25. The largest absolute Gasteiger partial charge is 0.355 e. The monoisotopic (exact) mass is 410 g/mol. The highest BCUT2D eigenvalue weighted by Crippen LogP contribution is 2.30. The van der Waals surface area contributed by atoms with Crippen LogP contribution in [0, 0.1) is 5.92 Å². The number of anilines is 1. The molecule has 2 heterocycles. The first-order valence-electron chi connectivity index (χ1n) is 10.3. The van der Waals surface area contributed by atoms with Crippen molar-refractivity contribution in [2.24, 2.45) is 5.92 Å². The standard InChI is InChI=1S/C23H30N4OS/c1-5-17(4)24-21(28)12-13-27(15-16(2)3)23-18-9-6-7-10-19(18)25-22(26-23)20-11-8-14-29-20/h6-11,14,16-17H,5,12-13,15H2,1-4H3,(H,24,28)/t17-/m0/s1. The van der Waals surface area contributed by atoms with Gasteiger partial charge < -0.3 is 10.2 Å². The maximum absolute atomic E-state index is 12.4. The lowest BCUT2D eigenvalue weighted by molar-refractivity contribution is -0.121. The molecule has 5 nitrogen and oxygen atoms in total. The maximum atomic E-state index is 12.4. The van der Waals surface area contributed by atoms with Crippen LogP contribution < -0.4 is 10.2 Å². The minimum Gasteiger partial charge on any atom is -0.355 e. The third-order valence-corrected chi connectivity index (χ3v) is 5.70. The third-order valence-electron chi connectivity index (χ3n) is 4.84. The summed E-state index contributed by atoms with van der Waals surface area (Å²) < 4.78 is 0. The molecule has 0 unspecified atom stereocenters. The molecule has 3 aromatic rings. The quantitative estimate of drug-likeness (QED) is 0.531. The minimum absolute atomic E-state index is 0.0879. The van der Waals surface area contributed by atoms with Crippen molar-refractivity contribution in [1.29, 1.82) is 0 Å². The van der Waals surface area contributed by atoms with E-state index in [9.17, 15) is 4.79 Å². The molecule has 6 heteroatoms. The topological polar surface area (TPSA) is 58.1 Å². The number of carbonyl (C=O) groups excluding carboxylic acids is 1. The molecule has 0 fully saturated rings. The summed E-state index contributed by atoms with van der Waals surface area (Å²) in [7, 11) is 0. The fourth-order valence-corrected chi connectivity index (χ4v) is 3.88. The van der Waals surface area contributed by atoms with Gasteiger partial charge in [-0.15, -0.1) is 11.3 Å². The first-order chi connectivity index (χ1) is 14.0. The van der Waals surface area contributed by atoms with Gasteiger partial charge in [-0.1, -0.05) is 39.0 Å². The number of nitrogens with one attached hydrogen (secondary N) is 1. The molecule has 0 saturated heterocycles. The molecule has 3 rings (SSSR count). The van der Waals surface area contributed by atoms with Crippen molar-refractivity contribution >= 4 is 34.0 Å². The summed E-state index contributed by atoms with van der Waals surface area (Å²) >= 11 is 1.64. The van der Waals surface area contributed by atoms with Crippen LogP contribution in [0.1, 0.15) is 40.5 Å². The number of fused-ring (bicyclic) bond motifs is 1. The second kappa shape index (κ2) is 9.83. The van der Waals surface area contributed by atoms with Gasteiger partial charge in [0.15, 0.2) is 5.82 Å². The van der Waals surface area contributed by atoms with Gasteiger partial charge in [0.05, 0.1) is 10.4 Å². The van der Waals surface area contributed by atoms with E-state index >= 15 is 0 Å². The summed E-state index contributed by atoms with van der Waals surface area (Å²) in [4.78, 5) is 25.4. The van der Waals surface area contributed by atoms with Crippen LogP contribution in [0.4, 0.5) is 5.82 Å². The Balaban J connectivity index is 1.95. The van der Waals surface area contributed by atoms with Crippen LogP contribution in [0.25, 0.3) is 21.6 Å². The number of carbonyl (C=O) groups is 1. The lowest BCUT2D eigenvalue weighted by Gasteiger charge is -2.27. The molecule has 0 radical (unpaired) electrons. The average molecular weight is 411 g/mol. The summed E-state index contributed by atoms with van der Waals surface area (Å²) in [6.45, 7) is 9.96. The van der Waals surface area contributed by atoms with Crippen molar-refractivity contribution in [3.63, 3.8) is 0 Å². The molecule has 0 aliphatic rings. The van der Waals surface area contributed by atoms with Crippen LogP contribution in [-0.4, -0.2) is 35.0 Å². The van der Waals surface area contributed by atoms with Gasteiger partial charge in [-0.25, -0.2) is 9.97 Å². The smallest absolute Gasteiger partial charge is 0.221 e. The summed E-state index contributed by atoms with van der Waals surface area (Å²) in [6.07, 6.45) is 1.38. The Labute approximate surface area is 177 Å². The van der Waals surface area contributed by atoms with Crippen LogP contribution in [0.5, 0.6) is 0 Å². The van der Waals surface area contributed by atoms with Gasteiger partial charge in [0.1, 0.15) is 5.82 Å². The van der Waals surface area contributed by atoms with E-state index < -0.39 is 0 Å². The molecule has 1 amide bonds. The molecule has 29 heavy (non-hydrogen) atoms. The van der Waals surface area contributed by atoms with Gasteiger partial charge in [0, 0.05) is 30.9 Å². The fourth-order valence-electron chi connectivity index (χ4n) is 3.23. The van der Waals surface area contributed by atoms with Crippen molar-refractivity contribution in [1.82, 2.24) is 15.3 Å². The first-order valence-corrected chi connectivity index (χ1v) is 11.2. The molecular formula is C23H30N4OS. The van der Waals surface area contributed by atoms with E-state index in [1.54, 1.807) is 11.3 Å². The van der Waals surface area contributed by atoms with Crippen LogP contribution in [0.3, 0.4) is 0 Å². The van der Waals surface area contributed by atoms with Gasteiger partial charge in [0.25, 0.3) is 0 Å². The summed E-state index contributed by atoms with van der Waals surface area (Å²) in [6, 6.07) is 12.4. The van der Waals surface area contributed by atoms with Crippen LogP contribution in [0.2, 0.25) is 0 Å². The van der Waals surface area contributed by atoms with Gasteiger partial charge in [-0.05, 0) is 42.8 Å². The van der Waals surface area contributed by atoms with E-state index in [1.807, 2.05) is 42.6 Å². The second-order valence-corrected chi connectivity index (χ2v) is 8.78. The normalized spacial score (nSPS) is 12.3. The van der Waals surface area contributed by atoms with Crippen molar-refractivity contribution in [3.05, 3.63) is 41.8 Å². The number of nitrogens with zero attached hydrogens (tertiary/aromatic N) is 3. The highest BCUT2D eigenvalue weighted by Gasteiger charge is 2.18. The van der Waals surface area contributed by atoms with E-state index in [0.717, 1.165) is 40.4 Å². The van der Waals surface area contributed by atoms with E-state index in [1.165, 1.54) is 0 Å². The highest BCUT2D eigenvalue weighted by atomic mass is 32.1. The predicted octanol–water partition coefficient (Wildman–Crippen LogP) is 5.13. The Morgan fingerprint density at radius 1 is 1.14 bits per heavy atom. The third kappa shape index (κ3) is 5.54. The zero-order chi connectivity index (χ0) is 20.8. The molecule has 1 atom stereocenters. The molecule has 0 saturated carbocycles. The highest BCUT2D eigenvalue weighted by molar-refractivity contribution is 7.13. The molecule has 0 spiro atoms. The molecule has 2 aromatic heterocycles. The van der Waals surface area contributed by atoms with Crippen molar-refractivity contribution in [2.75, 3.05) is 18.0 Å². The van der Waals surface area contributed by atoms with Crippen molar-refractivity contribution in [3.8, 4) is 10.7 Å². The zero-order valence-electron chi connectivity index (χ0n) is 17.7. The Bertz CT molecular complexity index is 939. The number of amides is 1. The summed E-state index contributed by atoms with van der Waals surface area (Å²) in [5.74, 6) is 2.19. The molecular weight excluding hydrogens is 380 g/mol. The van der Waals surface area contributed by atoms with Gasteiger partial charge in [-0.3, -0.25) is 4.79 Å². The minimum atomic E-state index is 0.0879. The number of benzene rings is 1. The van der Waals surface area contributed by atoms with E-state index in [2.05, 4.69) is 37.1 Å². The molecule has 0 aliphatic carbocycles. The van der Waals surface area contributed by atoms with E-state index in [0.29, 0.717) is 18.9 Å². The van der Waals surface area contributed by atoms with Crippen molar-refractivity contribution in [2.45, 2.75) is 46.6 Å². The molecule has 154 valence electrons. The van der Waals surface area contributed by atoms with Gasteiger partial charge in [-0.2, -0.15) is 0 Å². The maximum Gasteiger partial charge on any atom is 0.221 e. The Morgan fingerprint density at radius 3 is 2.62 bits per heavy atom. The number of aromatic nitrogens is 2. The Kier molecular flexibility index (Phi) is 7.20. The summed E-state index contributed by atoms with van der Waals surface area (Å²) in [5, 5.41) is 6.13. The second-order valence-electron chi connectivity index (χ2n) is 7.83. The Hall–Kier alpha value is -2.47. The molecule has 1 N–H and O–H groups in total. The van der Waals surface area contributed by atoms with Crippen LogP contribution in [-0.2, 0) is 4.79 Å². The number of rotatable bonds is 9. The zero-order valence-corrected chi connectivity index (χ0v) is 18.5. The molecule has 0 bridgehead atoms. The van der Waals surface area contributed by atoms with Gasteiger partial charge >= 0.3 is 0 Å². The number of thiophene rings is 1. The number of hydrogen-bond donors (Lipinski definition) is 1. The SMILES string of the molecule is CC[C@H](C)NC(=O)CCN(CC(C)C)c1nc(-c2cccs2)nc2ccccc12. The number of hydrogen-bond acceptors (Lipinski definition) is 5. The van der Waals surface area contributed by atoms with Crippen LogP contribution >= 0.6 is 11.3 Å². The lowest BCUT2D eigenvalue weighted by Crippen LogP contribution is -2.36. The predicted molar refractivity (Wildman–Crippen MR) is 122 cm³/mol. The van der Waals surface area contributed by atoms with Crippen molar-refractivity contribution < 1.29 is 4.79 Å². The lowest BCUT2D eigenvalue weighted by atomic mass is 10.1. The molecule has 0 aliphatic heterocycles. The fraction of sp³-hybridized carbons (Fsp3) is 0.435. The molecule has 1 aromatic carbocycles. The summed E-state index contributed by atoms with van der Waals surface area (Å²) in [5.41, 5.74) is 0.929. The van der Waals surface area contributed by atoms with E-state index in [-0.39, 0.29) is 11.9 Å². The van der Waals surface area contributed by atoms with E-state index in [4.69, 9.17) is 9.97 Å². The first kappa shape index (κ1) is 21.2. The Morgan fingerprint density at radius 2 is 1.93 bits per heavy atom. The van der Waals surface area contributed by atoms with Gasteiger partial charge in [0.2, 0.25) is 5.91 Å². The van der Waals surface area contributed by atoms with Crippen LogP contribution in [0.15, 0.2) is 41.8 Å².